The monoisotopic (exact) mass is 270 g/mol. The highest BCUT2D eigenvalue weighted by molar-refractivity contribution is 6.31. The van der Waals surface area contributed by atoms with E-state index in [2.05, 4.69) is 5.32 Å². The molecular weight excluding hydrogens is 256 g/mol. The lowest BCUT2D eigenvalue weighted by atomic mass is 10.1. The molecule has 0 bridgehead atoms. The van der Waals surface area contributed by atoms with Crippen molar-refractivity contribution in [3.8, 4) is 0 Å². The van der Waals surface area contributed by atoms with Gasteiger partial charge >= 0.3 is 0 Å². The summed E-state index contributed by atoms with van der Waals surface area (Å²) in [5, 5.41) is 14.4. The second-order valence-corrected chi connectivity index (χ2v) is 4.71. The Bertz CT molecular complexity index is 433. The van der Waals surface area contributed by atoms with Crippen LogP contribution in [0.3, 0.4) is 0 Å². The van der Waals surface area contributed by atoms with Crippen LogP contribution in [0.4, 0.5) is 5.69 Å². The highest BCUT2D eigenvalue weighted by Crippen LogP contribution is 2.22. The Labute approximate surface area is 110 Å². The van der Waals surface area contributed by atoms with E-state index in [1.54, 1.807) is 6.07 Å². The van der Waals surface area contributed by atoms with Crippen molar-refractivity contribution in [2.75, 3.05) is 13.2 Å². The topological polar surface area (TPSA) is 64.4 Å². The van der Waals surface area contributed by atoms with Gasteiger partial charge in [-0.1, -0.05) is 11.6 Å². The zero-order valence-corrected chi connectivity index (χ0v) is 10.7. The first-order valence-corrected chi connectivity index (χ1v) is 6.28. The number of halogens is 1. The Kier molecular flexibility index (Phi) is 4.52. The predicted molar refractivity (Wildman–Crippen MR) is 68.8 cm³/mol. The molecule has 0 unspecified atom stereocenters. The van der Waals surface area contributed by atoms with Crippen LogP contribution in [0, 0.1) is 10.1 Å². The summed E-state index contributed by atoms with van der Waals surface area (Å²) in [6.07, 6.45) is 1.98. The first kappa shape index (κ1) is 13.3. The Morgan fingerprint density at radius 1 is 1.44 bits per heavy atom. The number of nitrogens with zero attached hydrogens (tertiary/aromatic N) is 1. The zero-order chi connectivity index (χ0) is 13.0. The van der Waals surface area contributed by atoms with Crippen LogP contribution in [0.2, 0.25) is 5.02 Å². The number of benzene rings is 1. The molecule has 1 aromatic carbocycles. The van der Waals surface area contributed by atoms with Gasteiger partial charge in [0.1, 0.15) is 0 Å². The van der Waals surface area contributed by atoms with Crippen molar-refractivity contribution in [3.63, 3.8) is 0 Å². The molecule has 1 aromatic rings. The van der Waals surface area contributed by atoms with Gasteiger partial charge in [0.15, 0.2) is 0 Å². The molecule has 18 heavy (non-hydrogen) atoms. The van der Waals surface area contributed by atoms with E-state index in [0.717, 1.165) is 31.6 Å². The van der Waals surface area contributed by atoms with Crippen LogP contribution in [0.1, 0.15) is 18.4 Å². The third kappa shape index (κ3) is 3.41. The van der Waals surface area contributed by atoms with E-state index in [1.807, 2.05) is 0 Å². The molecule has 1 heterocycles. The molecule has 2 rings (SSSR count). The lowest BCUT2D eigenvalue weighted by Crippen LogP contribution is -2.34. The molecule has 6 heteroatoms. The summed E-state index contributed by atoms with van der Waals surface area (Å²) >= 11 is 6.02. The quantitative estimate of drug-likeness (QED) is 0.674. The summed E-state index contributed by atoms with van der Waals surface area (Å²) in [5.41, 5.74) is 0.906. The van der Waals surface area contributed by atoms with Gasteiger partial charge in [-0.05, 0) is 24.5 Å². The SMILES string of the molecule is O=[N+]([O-])c1ccc(CNC2CCOCC2)c(Cl)c1. The fourth-order valence-corrected chi connectivity index (χ4v) is 2.19. The van der Waals surface area contributed by atoms with Gasteiger partial charge in [-0.2, -0.15) is 0 Å². The smallest absolute Gasteiger partial charge is 0.270 e. The van der Waals surface area contributed by atoms with Crippen LogP contribution in [0.25, 0.3) is 0 Å². The minimum atomic E-state index is -0.443. The van der Waals surface area contributed by atoms with Gasteiger partial charge in [0.05, 0.1) is 9.95 Å². The van der Waals surface area contributed by atoms with Gasteiger partial charge in [0, 0.05) is 37.9 Å². The van der Waals surface area contributed by atoms with E-state index in [0.29, 0.717) is 17.6 Å². The van der Waals surface area contributed by atoms with Crippen LogP contribution in [0.5, 0.6) is 0 Å². The predicted octanol–water partition coefficient (Wildman–Crippen LogP) is 2.52. The molecule has 0 atom stereocenters. The van der Waals surface area contributed by atoms with Crippen molar-refractivity contribution in [1.29, 1.82) is 0 Å². The van der Waals surface area contributed by atoms with E-state index < -0.39 is 4.92 Å². The van der Waals surface area contributed by atoms with Gasteiger partial charge < -0.3 is 10.1 Å². The standard InChI is InChI=1S/C12H15ClN2O3/c13-12-7-11(15(16)17)2-1-9(12)8-14-10-3-5-18-6-4-10/h1-2,7,10,14H,3-6,8H2. The largest absolute Gasteiger partial charge is 0.381 e. The van der Waals surface area contributed by atoms with Gasteiger partial charge in [-0.15, -0.1) is 0 Å². The fourth-order valence-electron chi connectivity index (χ4n) is 1.95. The van der Waals surface area contributed by atoms with E-state index in [1.165, 1.54) is 12.1 Å². The second-order valence-electron chi connectivity index (χ2n) is 4.30. The third-order valence-corrected chi connectivity index (χ3v) is 3.40. The molecule has 1 aliphatic rings. The summed E-state index contributed by atoms with van der Waals surface area (Å²) in [4.78, 5) is 10.1. The normalized spacial score (nSPS) is 16.7. The molecule has 1 fully saturated rings. The minimum absolute atomic E-state index is 0.0230. The number of non-ortho nitro benzene ring substituents is 1. The average Bonchev–Trinajstić information content (AvgIpc) is 2.38. The average molecular weight is 271 g/mol. The Morgan fingerprint density at radius 3 is 2.78 bits per heavy atom. The maximum absolute atomic E-state index is 10.6. The Balaban J connectivity index is 1.94. The summed E-state index contributed by atoms with van der Waals surface area (Å²) in [6, 6.07) is 5.01. The number of ether oxygens (including phenoxy) is 1. The van der Waals surface area contributed by atoms with Crippen molar-refractivity contribution in [3.05, 3.63) is 38.9 Å². The van der Waals surface area contributed by atoms with Gasteiger partial charge in [-0.3, -0.25) is 10.1 Å². The number of rotatable bonds is 4. The number of nitro groups is 1. The second kappa shape index (κ2) is 6.13. The van der Waals surface area contributed by atoms with Crippen LogP contribution in [-0.4, -0.2) is 24.2 Å². The lowest BCUT2D eigenvalue weighted by Gasteiger charge is -2.23. The van der Waals surface area contributed by atoms with E-state index in [-0.39, 0.29) is 5.69 Å². The highest BCUT2D eigenvalue weighted by Gasteiger charge is 2.14. The maximum atomic E-state index is 10.6. The molecule has 0 spiro atoms. The molecule has 1 aliphatic heterocycles. The molecule has 0 aromatic heterocycles. The van der Waals surface area contributed by atoms with Crippen LogP contribution in [-0.2, 0) is 11.3 Å². The molecule has 0 saturated carbocycles. The summed E-state index contributed by atoms with van der Waals surface area (Å²) < 4.78 is 5.28. The van der Waals surface area contributed by atoms with Gasteiger partial charge in [-0.25, -0.2) is 0 Å². The van der Waals surface area contributed by atoms with E-state index in [9.17, 15) is 10.1 Å². The van der Waals surface area contributed by atoms with Crippen molar-refractivity contribution in [1.82, 2.24) is 5.32 Å². The summed E-state index contributed by atoms with van der Waals surface area (Å²) in [6.45, 7) is 2.19. The Morgan fingerprint density at radius 2 is 2.17 bits per heavy atom. The molecule has 0 amide bonds. The third-order valence-electron chi connectivity index (χ3n) is 3.05. The molecule has 1 N–H and O–H groups in total. The number of hydrogen-bond acceptors (Lipinski definition) is 4. The number of nitro benzene ring substituents is 1. The van der Waals surface area contributed by atoms with Crippen molar-refractivity contribution in [2.24, 2.45) is 0 Å². The van der Waals surface area contributed by atoms with Crippen LogP contribution >= 0.6 is 11.6 Å². The maximum Gasteiger partial charge on any atom is 0.270 e. The first-order chi connectivity index (χ1) is 8.66. The van der Waals surface area contributed by atoms with E-state index >= 15 is 0 Å². The molecule has 98 valence electrons. The summed E-state index contributed by atoms with van der Waals surface area (Å²) in [5.74, 6) is 0. The van der Waals surface area contributed by atoms with Crippen LogP contribution in [0.15, 0.2) is 18.2 Å². The van der Waals surface area contributed by atoms with Gasteiger partial charge in [0.25, 0.3) is 5.69 Å². The first-order valence-electron chi connectivity index (χ1n) is 5.91. The fraction of sp³-hybridized carbons (Fsp3) is 0.500. The van der Waals surface area contributed by atoms with E-state index in [4.69, 9.17) is 16.3 Å². The molecule has 1 saturated heterocycles. The molecule has 0 radical (unpaired) electrons. The Hall–Kier alpha value is -1.17. The number of nitrogens with one attached hydrogen (secondary N) is 1. The van der Waals surface area contributed by atoms with Crippen molar-refractivity contribution < 1.29 is 9.66 Å². The summed E-state index contributed by atoms with van der Waals surface area (Å²) in [7, 11) is 0. The van der Waals surface area contributed by atoms with Crippen molar-refractivity contribution >= 4 is 17.3 Å². The molecule has 0 aliphatic carbocycles. The van der Waals surface area contributed by atoms with Crippen molar-refractivity contribution in [2.45, 2.75) is 25.4 Å². The lowest BCUT2D eigenvalue weighted by molar-refractivity contribution is -0.384. The number of hydrogen-bond donors (Lipinski definition) is 1. The molecule has 5 nitrogen and oxygen atoms in total. The van der Waals surface area contributed by atoms with Gasteiger partial charge in [0.2, 0.25) is 0 Å². The molecular formula is C12H15ClN2O3. The van der Waals surface area contributed by atoms with Crippen LogP contribution < -0.4 is 5.32 Å². The zero-order valence-electron chi connectivity index (χ0n) is 9.89. The minimum Gasteiger partial charge on any atom is -0.381 e. The highest BCUT2D eigenvalue weighted by atomic mass is 35.5.